The molecule has 4 rings (SSSR count). The predicted octanol–water partition coefficient (Wildman–Crippen LogP) is 5.17. The third-order valence-electron chi connectivity index (χ3n) is 3.24. The summed E-state index contributed by atoms with van der Waals surface area (Å²) in [5.41, 5.74) is 1.93. The fourth-order valence-electron chi connectivity index (χ4n) is 2.22. The van der Waals surface area contributed by atoms with E-state index in [4.69, 9.17) is 0 Å². The number of halogens is 2. The van der Waals surface area contributed by atoms with Crippen molar-refractivity contribution in [1.82, 2.24) is 4.98 Å². The molecule has 0 bridgehead atoms. The number of aryl methyl sites for hydroxylation is 1. The van der Waals surface area contributed by atoms with Crippen LogP contribution in [0.4, 0.5) is 8.78 Å². The molecule has 0 fully saturated rings. The topological polar surface area (TPSA) is 31.4 Å². The van der Waals surface area contributed by atoms with Crippen LogP contribution in [0.2, 0.25) is 0 Å². The Balaban J connectivity index is 1.70. The second-order valence-corrected chi connectivity index (χ2v) is 6.74. The molecule has 7 heteroatoms. The molecule has 0 atom stereocenters. The zero-order valence-corrected chi connectivity index (χ0v) is 12.9. The number of thiazole rings is 1. The Bertz CT molecular complexity index is 857. The Labute approximate surface area is 132 Å². The first-order valence-corrected chi connectivity index (χ1v) is 8.12. The van der Waals surface area contributed by atoms with Gasteiger partial charge in [-0.2, -0.15) is 0 Å². The molecule has 22 heavy (non-hydrogen) atoms. The number of ether oxygens (including phenoxy) is 2. The molecule has 0 spiro atoms. The Morgan fingerprint density at radius 2 is 1.95 bits per heavy atom. The van der Waals surface area contributed by atoms with E-state index in [0.29, 0.717) is 0 Å². The maximum Gasteiger partial charge on any atom is 0.586 e. The monoisotopic (exact) mass is 337 g/mol. The van der Waals surface area contributed by atoms with Crippen LogP contribution in [-0.2, 0) is 0 Å². The molecule has 0 saturated carbocycles. The predicted molar refractivity (Wildman–Crippen MR) is 81.8 cm³/mol. The van der Waals surface area contributed by atoms with Crippen LogP contribution in [-0.4, -0.2) is 11.3 Å². The van der Waals surface area contributed by atoms with Crippen LogP contribution in [0.15, 0.2) is 35.8 Å². The van der Waals surface area contributed by atoms with Crippen molar-refractivity contribution < 1.29 is 18.3 Å². The van der Waals surface area contributed by atoms with Gasteiger partial charge in [-0.15, -0.1) is 31.5 Å². The summed E-state index contributed by atoms with van der Waals surface area (Å²) < 4.78 is 35.0. The number of alkyl halides is 2. The lowest BCUT2D eigenvalue weighted by molar-refractivity contribution is -0.286. The minimum atomic E-state index is -3.59. The normalized spacial score (nSPS) is 15.2. The minimum absolute atomic E-state index is 0.0338. The summed E-state index contributed by atoms with van der Waals surface area (Å²) in [7, 11) is 0. The fourth-order valence-corrected chi connectivity index (χ4v) is 4.24. The summed E-state index contributed by atoms with van der Waals surface area (Å²) >= 11 is 3.18. The van der Waals surface area contributed by atoms with Crippen molar-refractivity contribution in [2.75, 3.05) is 0 Å². The van der Waals surface area contributed by atoms with Gasteiger partial charge in [0.15, 0.2) is 11.5 Å². The van der Waals surface area contributed by atoms with Gasteiger partial charge >= 0.3 is 6.29 Å². The summed E-state index contributed by atoms with van der Waals surface area (Å²) in [6, 6.07) is 6.76. The molecule has 1 aliphatic heterocycles. The zero-order valence-electron chi connectivity index (χ0n) is 11.3. The molecule has 3 nitrogen and oxygen atoms in total. The lowest BCUT2D eigenvalue weighted by Gasteiger charge is -2.04. The second kappa shape index (κ2) is 4.76. The van der Waals surface area contributed by atoms with Crippen molar-refractivity contribution in [3.05, 3.63) is 41.4 Å². The van der Waals surface area contributed by atoms with Gasteiger partial charge in [0.05, 0.1) is 4.88 Å². The molecular weight excluding hydrogens is 328 g/mol. The van der Waals surface area contributed by atoms with Crippen LogP contribution >= 0.6 is 22.7 Å². The molecule has 0 amide bonds. The highest BCUT2D eigenvalue weighted by Gasteiger charge is 2.43. The highest BCUT2D eigenvalue weighted by Crippen LogP contribution is 2.44. The van der Waals surface area contributed by atoms with Crippen molar-refractivity contribution in [1.29, 1.82) is 0 Å². The molecule has 2 aromatic heterocycles. The summed E-state index contributed by atoms with van der Waals surface area (Å²) in [5.74, 6) is 0.0752. The number of nitrogens with zero attached hydrogens (tertiary/aromatic N) is 1. The lowest BCUT2D eigenvalue weighted by atomic mass is 10.2. The van der Waals surface area contributed by atoms with Crippen LogP contribution in [0.1, 0.15) is 5.56 Å². The minimum Gasteiger partial charge on any atom is -0.395 e. The number of fused-ring (bicyclic) bond motifs is 1. The summed E-state index contributed by atoms with van der Waals surface area (Å²) in [6.07, 6.45) is -1.79. The number of aromatic nitrogens is 1. The van der Waals surface area contributed by atoms with Gasteiger partial charge in [-0.1, -0.05) is 0 Å². The Morgan fingerprint density at radius 1 is 1.14 bits per heavy atom. The third-order valence-corrected chi connectivity index (χ3v) is 5.48. The molecular formula is C15H9F2NO2S2. The highest BCUT2D eigenvalue weighted by molar-refractivity contribution is 7.23. The Morgan fingerprint density at radius 3 is 2.73 bits per heavy atom. The Kier molecular flexibility index (Phi) is 2.95. The van der Waals surface area contributed by atoms with E-state index in [1.165, 1.54) is 33.9 Å². The smallest absolute Gasteiger partial charge is 0.395 e. The molecule has 3 aromatic rings. The Hall–Kier alpha value is -1.99. The van der Waals surface area contributed by atoms with Gasteiger partial charge in [0.25, 0.3) is 0 Å². The van der Waals surface area contributed by atoms with Crippen molar-refractivity contribution in [3.8, 4) is 31.8 Å². The largest absolute Gasteiger partial charge is 0.586 e. The van der Waals surface area contributed by atoms with Crippen molar-refractivity contribution >= 4 is 22.7 Å². The van der Waals surface area contributed by atoms with Crippen LogP contribution in [0.3, 0.4) is 0 Å². The van der Waals surface area contributed by atoms with Gasteiger partial charge in [0.2, 0.25) is 0 Å². The van der Waals surface area contributed by atoms with Crippen LogP contribution in [0.5, 0.6) is 11.5 Å². The van der Waals surface area contributed by atoms with E-state index in [0.717, 1.165) is 15.4 Å². The molecule has 0 aliphatic carbocycles. The van der Waals surface area contributed by atoms with Gasteiger partial charge in [-0.05, 0) is 42.1 Å². The summed E-state index contributed by atoms with van der Waals surface area (Å²) in [5, 5.41) is 2.79. The third kappa shape index (κ3) is 2.26. The average Bonchev–Trinajstić information content (AvgIpc) is 3.13. The van der Waals surface area contributed by atoms with Crippen molar-refractivity contribution in [2.24, 2.45) is 0 Å². The first-order chi connectivity index (χ1) is 10.5. The zero-order chi connectivity index (χ0) is 15.3. The molecule has 112 valence electrons. The number of benzene rings is 1. The first kappa shape index (κ1) is 13.7. The van der Waals surface area contributed by atoms with Gasteiger partial charge in [0, 0.05) is 16.6 Å². The average molecular weight is 337 g/mol. The standard InChI is InChI=1S/C15H9F2NO2S2/c1-8-4-5-21-13(8)12-7-18-14(22-12)9-2-3-10-11(6-9)20-15(16,17)19-10/h2-7H,1H3. The van der Waals surface area contributed by atoms with Crippen molar-refractivity contribution in [2.45, 2.75) is 13.2 Å². The number of hydrogen-bond acceptors (Lipinski definition) is 5. The van der Waals surface area contributed by atoms with E-state index in [-0.39, 0.29) is 11.5 Å². The maximum absolute atomic E-state index is 13.0. The molecule has 0 saturated heterocycles. The van der Waals surface area contributed by atoms with E-state index < -0.39 is 6.29 Å². The molecule has 3 heterocycles. The molecule has 1 aromatic carbocycles. The van der Waals surface area contributed by atoms with Gasteiger partial charge in [-0.25, -0.2) is 4.98 Å². The van der Waals surface area contributed by atoms with Gasteiger partial charge in [-0.3, -0.25) is 0 Å². The second-order valence-electron chi connectivity index (χ2n) is 4.79. The highest BCUT2D eigenvalue weighted by atomic mass is 32.1. The van der Waals surface area contributed by atoms with Gasteiger partial charge < -0.3 is 9.47 Å². The van der Waals surface area contributed by atoms with Gasteiger partial charge in [0.1, 0.15) is 5.01 Å². The van der Waals surface area contributed by atoms with Crippen LogP contribution in [0, 0.1) is 6.92 Å². The van der Waals surface area contributed by atoms with E-state index in [1.807, 2.05) is 12.3 Å². The summed E-state index contributed by atoms with van der Waals surface area (Å²) in [4.78, 5) is 6.62. The van der Waals surface area contributed by atoms with E-state index in [1.54, 1.807) is 23.6 Å². The molecule has 0 unspecified atom stereocenters. The van der Waals surface area contributed by atoms with E-state index in [2.05, 4.69) is 20.5 Å². The van der Waals surface area contributed by atoms with Crippen LogP contribution < -0.4 is 9.47 Å². The quantitative estimate of drug-likeness (QED) is 0.646. The summed E-state index contributed by atoms with van der Waals surface area (Å²) in [6.45, 7) is 2.05. The number of rotatable bonds is 2. The number of thiophene rings is 1. The number of hydrogen-bond donors (Lipinski definition) is 0. The van der Waals surface area contributed by atoms with E-state index >= 15 is 0 Å². The van der Waals surface area contributed by atoms with Crippen LogP contribution in [0.25, 0.3) is 20.3 Å². The molecule has 0 N–H and O–H groups in total. The van der Waals surface area contributed by atoms with E-state index in [9.17, 15) is 8.78 Å². The lowest BCUT2D eigenvalue weighted by Crippen LogP contribution is -2.25. The SMILES string of the molecule is Cc1ccsc1-c1cnc(-c2ccc3c(c2)OC(F)(F)O3)s1. The molecule has 1 aliphatic rings. The first-order valence-electron chi connectivity index (χ1n) is 6.42. The maximum atomic E-state index is 13.0. The van der Waals surface area contributed by atoms with Crippen molar-refractivity contribution in [3.63, 3.8) is 0 Å². The molecule has 0 radical (unpaired) electrons. The fraction of sp³-hybridized carbons (Fsp3) is 0.133.